The zero-order valence-corrected chi connectivity index (χ0v) is 8.64. The molecule has 0 fully saturated rings. The van der Waals surface area contributed by atoms with E-state index in [0.717, 1.165) is 0 Å². The molecule has 0 heterocycles. The Morgan fingerprint density at radius 2 is 2.00 bits per heavy atom. The summed E-state index contributed by atoms with van der Waals surface area (Å²) in [5.41, 5.74) is 10.2. The van der Waals surface area contributed by atoms with Gasteiger partial charge in [-0.05, 0) is 6.42 Å². The van der Waals surface area contributed by atoms with E-state index in [-0.39, 0.29) is 26.2 Å². The number of amides is 2. The molecule has 0 bridgehead atoms. The fraction of sp³-hybridized carbons (Fsp3) is 0.625. The van der Waals surface area contributed by atoms with Crippen molar-refractivity contribution in [3.8, 4) is 0 Å². The molecule has 0 radical (unpaired) electrons. The number of carboxylic acids is 1. The number of nitrogens with one attached hydrogen (secondary N) is 1. The first-order valence-electron chi connectivity index (χ1n) is 4.54. The van der Waals surface area contributed by atoms with E-state index in [2.05, 4.69) is 10.1 Å². The van der Waals surface area contributed by atoms with Crippen LogP contribution in [0.1, 0.15) is 12.8 Å². The van der Waals surface area contributed by atoms with E-state index in [0.29, 0.717) is 0 Å². The van der Waals surface area contributed by atoms with E-state index in [4.69, 9.17) is 16.6 Å². The van der Waals surface area contributed by atoms with Gasteiger partial charge in [0, 0.05) is 6.42 Å². The van der Waals surface area contributed by atoms with Crippen LogP contribution in [-0.2, 0) is 19.1 Å². The summed E-state index contributed by atoms with van der Waals surface area (Å²) in [6, 6.07) is -0.909. The normalized spacial score (nSPS) is 11.8. The van der Waals surface area contributed by atoms with Gasteiger partial charge in [-0.2, -0.15) is 0 Å². The highest BCUT2D eigenvalue weighted by Gasteiger charge is 2.14. The molecular formula is C8H15N3O5. The second-order valence-electron chi connectivity index (χ2n) is 3.04. The van der Waals surface area contributed by atoms with E-state index in [1.165, 1.54) is 0 Å². The molecule has 0 saturated carbocycles. The van der Waals surface area contributed by atoms with Crippen molar-refractivity contribution < 1.29 is 24.2 Å². The monoisotopic (exact) mass is 233 g/mol. The molecule has 0 spiro atoms. The van der Waals surface area contributed by atoms with Gasteiger partial charge >= 0.3 is 5.97 Å². The van der Waals surface area contributed by atoms with Gasteiger partial charge in [-0.3, -0.25) is 14.4 Å². The third-order valence-electron chi connectivity index (χ3n) is 1.60. The van der Waals surface area contributed by atoms with Gasteiger partial charge in [0.05, 0.1) is 6.04 Å². The number of carbonyl (C=O) groups excluding carboxylic acids is 2. The summed E-state index contributed by atoms with van der Waals surface area (Å²) < 4.78 is 4.66. The SMILES string of the molecule is NC(=O)COCNC(=O)C(N)CCC(=O)O. The lowest BCUT2D eigenvalue weighted by Crippen LogP contribution is -2.42. The Kier molecular flexibility index (Phi) is 6.81. The lowest BCUT2D eigenvalue weighted by atomic mass is 10.1. The van der Waals surface area contributed by atoms with Gasteiger partial charge in [0.2, 0.25) is 11.8 Å². The molecule has 0 saturated heterocycles. The number of nitrogens with two attached hydrogens (primary N) is 2. The van der Waals surface area contributed by atoms with Crippen molar-refractivity contribution in [2.45, 2.75) is 18.9 Å². The smallest absolute Gasteiger partial charge is 0.303 e. The third-order valence-corrected chi connectivity index (χ3v) is 1.60. The van der Waals surface area contributed by atoms with Crippen LogP contribution in [0.5, 0.6) is 0 Å². The highest BCUT2D eigenvalue weighted by molar-refractivity contribution is 5.82. The number of carbonyl (C=O) groups is 3. The summed E-state index contributed by atoms with van der Waals surface area (Å²) in [7, 11) is 0. The van der Waals surface area contributed by atoms with Crippen LogP contribution in [0, 0.1) is 0 Å². The average Bonchev–Trinajstić information content (AvgIpc) is 2.20. The van der Waals surface area contributed by atoms with E-state index in [1.807, 2.05) is 0 Å². The molecule has 1 unspecified atom stereocenters. The molecule has 1 atom stereocenters. The Bertz CT molecular complexity index is 268. The number of rotatable bonds is 8. The molecule has 0 aromatic heterocycles. The number of primary amides is 1. The molecule has 0 aromatic carbocycles. The molecule has 2 amide bonds. The Morgan fingerprint density at radius 1 is 1.38 bits per heavy atom. The fourth-order valence-corrected chi connectivity index (χ4v) is 0.815. The molecular weight excluding hydrogens is 218 g/mol. The van der Waals surface area contributed by atoms with Crippen molar-refractivity contribution in [3.63, 3.8) is 0 Å². The van der Waals surface area contributed by atoms with Crippen LogP contribution in [0.25, 0.3) is 0 Å². The molecule has 0 aliphatic rings. The topological polar surface area (TPSA) is 145 Å². The zero-order chi connectivity index (χ0) is 12.6. The molecule has 92 valence electrons. The largest absolute Gasteiger partial charge is 0.481 e. The van der Waals surface area contributed by atoms with Gasteiger partial charge in [-0.25, -0.2) is 0 Å². The molecule has 0 aromatic rings. The first kappa shape index (κ1) is 14.3. The molecule has 8 nitrogen and oxygen atoms in total. The van der Waals surface area contributed by atoms with E-state index in [1.54, 1.807) is 0 Å². The van der Waals surface area contributed by atoms with Crippen LogP contribution in [0.15, 0.2) is 0 Å². The van der Waals surface area contributed by atoms with Crippen molar-refractivity contribution in [2.75, 3.05) is 13.3 Å². The van der Waals surface area contributed by atoms with Crippen molar-refractivity contribution in [3.05, 3.63) is 0 Å². The average molecular weight is 233 g/mol. The maximum absolute atomic E-state index is 11.2. The Hall–Kier alpha value is -1.67. The summed E-state index contributed by atoms with van der Waals surface area (Å²) in [6.07, 6.45) is -0.145. The molecule has 0 aliphatic heterocycles. The molecule has 8 heteroatoms. The minimum Gasteiger partial charge on any atom is -0.481 e. The summed E-state index contributed by atoms with van der Waals surface area (Å²) in [5, 5.41) is 10.6. The summed E-state index contributed by atoms with van der Waals surface area (Å²) >= 11 is 0. The number of ether oxygens (including phenoxy) is 1. The maximum Gasteiger partial charge on any atom is 0.303 e. The van der Waals surface area contributed by atoms with Crippen LogP contribution >= 0.6 is 0 Å². The van der Waals surface area contributed by atoms with Gasteiger partial charge in [-0.15, -0.1) is 0 Å². The predicted octanol–water partition coefficient (Wildman–Crippen LogP) is -2.25. The van der Waals surface area contributed by atoms with Crippen molar-refractivity contribution in [1.29, 1.82) is 0 Å². The lowest BCUT2D eigenvalue weighted by molar-refractivity contribution is -0.137. The van der Waals surface area contributed by atoms with E-state index < -0.39 is 23.8 Å². The molecule has 0 rings (SSSR count). The number of hydrogen-bond donors (Lipinski definition) is 4. The second kappa shape index (κ2) is 7.60. The first-order chi connectivity index (χ1) is 7.43. The molecule has 0 aliphatic carbocycles. The summed E-state index contributed by atoms with van der Waals surface area (Å²) in [6.45, 7) is -0.493. The van der Waals surface area contributed by atoms with Gasteiger partial charge in [0.25, 0.3) is 0 Å². The van der Waals surface area contributed by atoms with Crippen molar-refractivity contribution in [2.24, 2.45) is 11.5 Å². The number of hydrogen-bond acceptors (Lipinski definition) is 5. The Morgan fingerprint density at radius 3 is 2.50 bits per heavy atom. The van der Waals surface area contributed by atoms with Crippen LogP contribution in [0.2, 0.25) is 0 Å². The molecule has 16 heavy (non-hydrogen) atoms. The Labute approximate surface area is 91.9 Å². The van der Waals surface area contributed by atoms with Crippen molar-refractivity contribution in [1.82, 2.24) is 5.32 Å². The predicted molar refractivity (Wildman–Crippen MR) is 53.0 cm³/mol. The van der Waals surface area contributed by atoms with E-state index >= 15 is 0 Å². The summed E-state index contributed by atoms with van der Waals surface area (Å²) in [4.78, 5) is 31.6. The second-order valence-corrected chi connectivity index (χ2v) is 3.04. The quantitative estimate of drug-likeness (QED) is 0.275. The highest BCUT2D eigenvalue weighted by Crippen LogP contribution is 1.94. The fourth-order valence-electron chi connectivity index (χ4n) is 0.815. The van der Waals surface area contributed by atoms with Gasteiger partial charge in [-0.1, -0.05) is 0 Å². The van der Waals surface area contributed by atoms with Crippen molar-refractivity contribution >= 4 is 17.8 Å². The van der Waals surface area contributed by atoms with Crippen LogP contribution < -0.4 is 16.8 Å². The van der Waals surface area contributed by atoms with Crippen LogP contribution in [0.4, 0.5) is 0 Å². The zero-order valence-electron chi connectivity index (χ0n) is 8.64. The molecule has 6 N–H and O–H groups in total. The van der Waals surface area contributed by atoms with E-state index in [9.17, 15) is 14.4 Å². The summed E-state index contributed by atoms with van der Waals surface area (Å²) in [5.74, 6) is -2.21. The minimum atomic E-state index is -1.02. The lowest BCUT2D eigenvalue weighted by Gasteiger charge is -2.10. The minimum absolute atomic E-state index is 0.0387. The van der Waals surface area contributed by atoms with Crippen LogP contribution in [-0.4, -0.2) is 42.3 Å². The Balaban J connectivity index is 3.62. The number of carboxylic acid groups (broad SMARTS) is 1. The maximum atomic E-state index is 11.2. The third kappa shape index (κ3) is 7.71. The highest BCUT2D eigenvalue weighted by atomic mass is 16.5. The first-order valence-corrected chi connectivity index (χ1v) is 4.54. The van der Waals surface area contributed by atoms with Gasteiger partial charge in [0.15, 0.2) is 0 Å². The van der Waals surface area contributed by atoms with Crippen LogP contribution in [0.3, 0.4) is 0 Å². The van der Waals surface area contributed by atoms with Gasteiger partial charge in [0.1, 0.15) is 13.3 Å². The number of aliphatic carboxylic acids is 1. The van der Waals surface area contributed by atoms with Gasteiger partial charge < -0.3 is 26.6 Å². The standard InChI is InChI=1S/C8H15N3O5/c9-5(1-2-7(13)14)8(15)11-4-16-3-6(10)12/h5H,1-4,9H2,(H2,10,12)(H,11,15)(H,13,14).